The number of aldehydes is 1. The van der Waals surface area contributed by atoms with Crippen molar-refractivity contribution in [3.8, 4) is 0 Å². The molecule has 2 atom stereocenters. The number of carbonyl (C=O) groups is 1. The Hall–Kier alpha value is -1.53. The molecular formula is C25H41N5O. The molecule has 3 heterocycles. The zero-order chi connectivity index (χ0) is 22.0. The van der Waals surface area contributed by atoms with Crippen molar-refractivity contribution in [3.63, 3.8) is 0 Å². The monoisotopic (exact) mass is 427 g/mol. The predicted molar refractivity (Wildman–Crippen MR) is 125 cm³/mol. The topological polar surface area (TPSA) is 52.6 Å². The van der Waals surface area contributed by atoms with E-state index in [1.165, 1.54) is 64.0 Å². The molecule has 1 aromatic heterocycles. The SMILES string of the molecule is CC(C)N1CC2CCC(C1)N2c1ncc(CN(C)CC2CC3(CCC3)C2)cn1.CC=O. The van der Waals surface area contributed by atoms with Gasteiger partial charge in [-0.15, -0.1) is 0 Å². The van der Waals surface area contributed by atoms with Crippen LogP contribution in [0.5, 0.6) is 0 Å². The van der Waals surface area contributed by atoms with Crippen LogP contribution in [0.3, 0.4) is 0 Å². The first kappa shape index (κ1) is 22.7. The smallest absolute Gasteiger partial charge is 0.225 e. The van der Waals surface area contributed by atoms with Gasteiger partial charge in [0.1, 0.15) is 6.29 Å². The van der Waals surface area contributed by atoms with Gasteiger partial charge in [0.05, 0.1) is 0 Å². The van der Waals surface area contributed by atoms with Crippen molar-refractivity contribution in [2.45, 2.75) is 90.4 Å². The molecule has 31 heavy (non-hydrogen) atoms. The van der Waals surface area contributed by atoms with E-state index in [9.17, 15) is 0 Å². The van der Waals surface area contributed by atoms with E-state index in [1.54, 1.807) is 0 Å². The van der Waals surface area contributed by atoms with E-state index < -0.39 is 0 Å². The molecule has 0 N–H and O–H groups in total. The summed E-state index contributed by atoms with van der Waals surface area (Å²) in [4.78, 5) is 26.0. The number of fused-ring (bicyclic) bond motifs is 2. The van der Waals surface area contributed by atoms with E-state index in [1.807, 2.05) is 0 Å². The summed E-state index contributed by atoms with van der Waals surface area (Å²) in [6, 6.07) is 1.82. The Bertz CT molecular complexity index is 710. The molecule has 2 unspecified atom stereocenters. The molecule has 6 nitrogen and oxygen atoms in total. The van der Waals surface area contributed by atoms with Gasteiger partial charge in [0, 0.05) is 62.3 Å². The number of anilines is 1. The van der Waals surface area contributed by atoms with Crippen LogP contribution < -0.4 is 4.90 Å². The Morgan fingerprint density at radius 1 is 1.16 bits per heavy atom. The fraction of sp³-hybridized carbons (Fsp3) is 0.800. The van der Waals surface area contributed by atoms with Crippen LogP contribution in [0.2, 0.25) is 0 Å². The molecule has 2 saturated heterocycles. The van der Waals surface area contributed by atoms with Crippen LogP contribution in [0, 0.1) is 11.3 Å². The maximum absolute atomic E-state index is 8.81. The van der Waals surface area contributed by atoms with E-state index in [4.69, 9.17) is 14.8 Å². The fourth-order valence-corrected chi connectivity index (χ4v) is 6.44. The van der Waals surface area contributed by atoms with Crippen molar-refractivity contribution in [1.82, 2.24) is 19.8 Å². The zero-order valence-corrected chi connectivity index (χ0v) is 20.0. The van der Waals surface area contributed by atoms with Gasteiger partial charge < -0.3 is 14.6 Å². The predicted octanol–water partition coefficient (Wildman–Crippen LogP) is 3.76. The summed E-state index contributed by atoms with van der Waals surface area (Å²) in [5.74, 6) is 1.87. The molecule has 2 saturated carbocycles. The van der Waals surface area contributed by atoms with Gasteiger partial charge in [-0.25, -0.2) is 9.97 Å². The number of piperazine rings is 1. The van der Waals surface area contributed by atoms with Crippen LogP contribution in [-0.2, 0) is 11.3 Å². The summed E-state index contributed by atoms with van der Waals surface area (Å²) in [5.41, 5.74) is 2.03. The molecule has 0 amide bonds. The minimum atomic E-state index is 0.590. The first-order valence-corrected chi connectivity index (χ1v) is 12.3. The van der Waals surface area contributed by atoms with Gasteiger partial charge in [-0.1, -0.05) is 6.42 Å². The Morgan fingerprint density at radius 3 is 2.23 bits per heavy atom. The van der Waals surface area contributed by atoms with E-state index >= 15 is 0 Å². The lowest BCUT2D eigenvalue weighted by molar-refractivity contribution is -0.106. The summed E-state index contributed by atoms with van der Waals surface area (Å²) in [6.45, 7) is 10.6. The zero-order valence-electron chi connectivity index (χ0n) is 20.0. The maximum atomic E-state index is 8.81. The number of likely N-dealkylation sites (tertiary alicyclic amines) is 1. The minimum absolute atomic E-state index is 0.590. The molecule has 0 radical (unpaired) electrons. The molecular weight excluding hydrogens is 386 g/mol. The first-order chi connectivity index (χ1) is 14.9. The van der Waals surface area contributed by atoms with Gasteiger partial charge >= 0.3 is 0 Å². The van der Waals surface area contributed by atoms with Gasteiger partial charge in [-0.2, -0.15) is 0 Å². The maximum Gasteiger partial charge on any atom is 0.225 e. The highest BCUT2D eigenvalue weighted by molar-refractivity contribution is 5.44. The lowest BCUT2D eigenvalue weighted by Gasteiger charge is -2.55. The number of hydrogen-bond acceptors (Lipinski definition) is 6. The molecule has 2 aliphatic heterocycles. The van der Waals surface area contributed by atoms with Crippen molar-refractivity contribution in [3.05, 3.63) is 18.0 Å². The standard InChI is InChI=1S/C23H37N5.C2H4O/c1-17(2)27-15-20-5-6-21(16-27)28(20)22-24-11-19(12-25-22)14-26(3)13-18-9-23(10-18)7-4-8-23;1-2-3/h11-12,17-18,20-21H,4-10,13-16H2,1-3H3;2H,1H3. The van der Waals surface area contributed by atoms with Crippen molar-refractivity contribution in [1.29, 1.82) is 0 Å². The summed E-state index contributed by atoms with van der Waals surface area (Å²) in [7, 11) is 2.26. The second-order valence-corrected chi connectivity index (χ2v) is 10.8. The molecule has 4 aliphatic rings. The third-order valence-electron chi connectivity index (χ3n) is 8.04. The van der Waals surface area contributed by atoms with Crippen LogP contribution in [-0.4, -0.2) is 70.9 Å². The molecule has 172 valence electrons. The number of hydrogen-bond donors (Lipinski definition) is 0. The molecule has 1 spiro atoms. The van der Waals surface area contributed by atoms with Crippen molar-refractivity contribution < 1.29 is 4.79 Å². The van der Waals surface area contributed by atoms with E-state index in [-0.39, 0.29) is 0 Å². The summed E-state index contributed by atoms with van der Waals surface area (Å²) in [5, 5.41) is 0. The van der Waals surface area contributed by atoms with Crippen LogP contribution in [0.1, 0.15) is 71.3 Å². The van der Waals surface area contributed by atoms with Crippen molar-refractivity contribution in [2.24, 2.45) is 11.3 Å². The number of aromatic nitrogens is 2. The number of nitrogens with zero attached hydrogens (tertiary/aromatic N) is 5. The lowest BCUT2D eigenvalue weighted by Crippen LogP contribution is -2.56. The third-order valence-corrected chi connectivity index (χ3v) is 8.04. The summed E-state index contributed by atoms with van der Waals surface area (Å²) in [6.07, 6.45) is 14.9. The molecule has 6 heteroatoms. The summed E-state index contributed by atoms with van der Waals surface area (Å²) < 4.78 is 0. The van der Waals surface area contributed by atoms with Crippen LogP contribution in [0.4, 0.5) is 5.95 Å². The third kappa shape index (κ3) is 4.95. The van der Waals surface area contributed by atoms with Crippen molar-refractivity contribution in [2.75, 3.05) is 31.6 Å². The summed E-state index contributed by atoms with van der Waals surface area (Å²) >= 11 is 0. The van der Waals surface area contributed by atoms with E-state index in [2.05, 4.69) is 48.0 Å². The highest BCUT2D eigenvalue weighted by Crippen LogP contribution is 2.58. The normalized spacial score (nSPS) is 27.1. The van der Waals surface area contributed by atoms with Gasteiger partial charge in [0.25, 0.3) is 0 Å². The van der Waals surface area contributed by atoms with Crippen LogP contribution in [0.25, 0.3) is 0 Å². The molecule has 1 aromatic rings. The Kier molecular flexibility index (Phi) is 6.97. The Labute approximate surface area is 188 Å². The lowest BCUT2D eigenvalue weighted by atomic mass is 9.52. The first-order valence-electron chi connectivity index (χ1n) is 12.3. The quantitative estimate of drug-likeness (QED) is 0.645. The molecule has 2 aliphatic carbocycles. The van der Waals surface area contributed by atoms with Gasteiger partial charge in [0.15, 0.2) is 0 Å². The number of carbonyl (C=O) groups excluding carboxylic acids is 1. The average molecular weight is 428 g/mol. The fourth-order valence-electron chi connectivity index (χ4n) is 6.44. The second-order valence-electron chi connectivity index (χ2n) is 10.8. The molecule has 0 aromatic carbocycles. The Balaban J connectivity index is 0.000000730. The largest absolute Gasteiger partial charge is 0.332 e. The van der Waals surface area contributed by atoms with E-state index in [0.717, 1.165) is 43.2 Å². The molecule has 4 fully saturated rings. The van der Waals surface area contributed by atoms with Gasteiger partial charge in [0.2, 0.25) is 5.95 Å². The van der Waals surface area contributed by atoms with Crippen LogP contribution >= 0.6 is 0 Å². The van der Waals surface area contributed by atoms with E-state index in [0.29, 0.717) is 18.1 Å². The van der Waals surface area contributed by atoms with Crippen molar-refractivity contribution >= 4 is 12.2 Å². The highest BCUT2D eigenvalue weighted by Gasteiger charge is 2.48. The Morgan fingerprint density at radius 2 is 1.74 bits per heavy atom. The van der Waals surface area contributed by atoms with Gasteiger partial charge in [-0.3, -0.25) is 4.90 Å². The highest BCUT2D eigenvalue weighted by atomic mass is 16.1. The molecule has 2 bridgehead atoms. The van der Waals surface area contributed by atoms with Gasteiger partial charge in [-0.05, 0) is 77.7 Å². The minimum Gasteiger partial charge on any atom is -0.332 e. The molecule has 5 rings (SSSR count). The second kappa shape index (κ2) is 9.53. The number of rotatable bonds is 6. The van der Waals surface area contributed by atoms with Crippen LogP contribution in [0.15, 0.2) is 12.4 Å². The average Bonchev–Trinajstić information content (AvgIpc) is 2.93.